The van der Waals surface area contributed by atoms with E-state index in [0.29, 0.717) is 18.4 Å². The number of halogens is 2. The smallest absolute Gasteiger partial charge is 0.163 e. The van der Waals surface area contributed by atoms with Crippen LogP contribution < -0.4 is 5.73 Å². The first-order valence-corrected chi connectivity index (χ1v) is 6.74. The van der Waals surface area contributed by atoms with Crippen molar-refractivity contribution in [1.82, 2.24) is 4.90 Å². The molecule has 0 aliphatic heterocycles. The third-order valence-electron chi connectivity index (χ3n) is 3.83. The van der Waals surface area contributed by atoms with Gasteiger partial charge in [0.15, 0.2) is 11.6 Å². The van der Waals surface area contributed by atoms with Crippen LogP contribution in [-0.4, -0.2) is 24.5 Å². The van der Waals surface area contributed by atoms with E-state index < -0.39 is 17.7 Å². The van der Waals surface area contributed by atoms with Gasteiger partial charge in [-0.15, -0.1) is 0 Å². The molecule has 19 heavy (non-hydrogen) atoms. The van der Waals surface area contributed by atoms with Crippen LogP contribution >= 0.6 is 0 Å². The highest BCUT2D eigenvalue weighted by Crippen LogP contribution is 2.20. The Hall–Kier alpha value is -1.00. The Morgan fingerprint density at radius 1 is 1.21 bits per heavy atom. The Kier molecular flexibility index (Phi) is 5.88. The Labute approximate surface area is 114 Å². The van der Waals surface area contributed by atoms with Gasteiger partial charge in [0.25, 0.3) is 0 Å². The zero-order chi connectivity index (χ0) is 14.6. The molecule has 1 aromatic rings. The van der Waals surface area contributed by atoms with Gasteiger partial charge in [-0.25, -0.2) is 8.78 Å². The fraction of sp³-hybridized carbons (Fsp3) is 0.600. The lowest BCUT2D eigenvalue weighted by molar-refractivity contribution is 0.201. The summed E-state index contributed by atoms with van der Waals surface area (Å²) in [6, 6.07) is 4.11. The maximum Gasteiger partial charge on any atom is 0.163 e. The minimum absolute atomic E-state index is 0.255. The average molecular weight is 270 g/mol. The molecule has 0 bridgehead atoms. The van der Waals surface area contributed by atoms with Gasteiger partial charge < -0.3 is 10.6 Å². The van der Waals surface area contributed by atoms with E-state index in [1.54, 1.807) is 6.07 Å². The third kappa shape index (κ3) is 4.25. The van der Waals surface area contributed by atoms with Gasteiger partial charge in [0.2, 0.25) is 0 Å². The monoisotopic (exact) mass is 270 g/mol. The van der Waals surface area contributed by atoms with E-state index in [2.05, 4.69) is 25.7 Å². The standard InChI is InChI=1S/C15H24F2N2/c1-10(2)11(3)19(4)9-8-14(18)12-6-5-7-13(16)15(12)17/h5-7,10-11,14H,8-9,18H2,1-4H3. The van der Waals surface area contributed by atoms with E-state index in [0.717, 1.165) is 12.6 Å². The zero-order valence-electron chi connectivity index (χ0n) is 12.2. The molecule has 108 valence electrons. The van der Waals surface area contributed by atoms with E-state index in [1.165, 1.54) is 6.07 Å². The number of benzene rings is 1. The topological polar surface area (TPSA) is 29.3 Å². The molecule has 0 aromatic heterocycles. The summed E-state index contributed by atoms with van der Waals surface area (Å²) in [5, 5.41) is 0. The quantitative estimate of drug-likeness (QED) is 0.859. The first kappa shape index (κ1) is 16.1. The number of nitrogens with two attached hydrogens (primary N) is 1. The summed E-state index contributed by atoms with van der Waals surface area (Å²) in [5.41, 5.74) is 6.21. The van der Waals surface area contributed by atoms with Crippen LogP contribution in [0.3, 0.4) is 0 Å². The molecular formula is C15H24F2N2. The Morgan fingerprint density at radius 2 is 1.84 bits per heavy atom. The normalized spacial score (nSPS) is 15.0. The summed E-state index contributed by atoms with van der Waals surface area (Å²) >= 11 is 0. The van der Waals surface area contributed by atoms with Gasteiger partial charge >= 0.3 is 0 Å². The van der Waals surface area contributed by atoms with Crippen LogP contribution in [0.25, 0.3) is 0 Å². The second-order valence-electron chi connectivity index (χ2n) is 5.50. The maximum atomic E-state index is 13.6. The summed E-state index contributed by atoms with van der Waals surface area (Å²) in [7, 11) is 2.03. The SMILES string of the molecule is CC(C)C(C)N(C)CCC(N)c1cccc(F)c1F. The van der Waals surface area contributed by atoms with Crippen LogP contribution in [0.4, 0.5) is 8.78 Å². The minimum Gasteiger partial charge on any atom is -0.324 e. The summed E-state index contributed by atoms with van der Waals surface area (Å²) < 4.78 is 26.7. The molecule has 0 saturated heterocycles. The molecule has 0 spiro atoms. The molecule has 2 nitrogen and oxygen atoms in total. The van der Waals surface area contributed by atoms with Gasteiger partial charge in [0, 0.05) is 17.6 Å². The van der Waals surface area contributed by atoms with Crippen molar-refractivity contribution in [2.75, 3.05) is 13.6 Å². The Balaban J connectivity index is 2.61. The largest absolute Gasteiger partial charge is 0.324 e. The lowest BCUT2D eigenvalue weighted by atomic mass is 10.0. The number of nitrogens with zero attached hydrogens (tertiary/aromatic N) is 1. The van der Waals surface area contributed by atoms with E-state index in [9.17, 15) is 8.78 Å². The molecule has 0 aliphatic rings. The highest BCUT2D eigenvalue weighted by atomic mass is 19.2. The van der Waals surface area contributed by atoms with E-state index in [-0.39, 0.29) is 5.56 Å². The minimum atomic E-state index is -0.836. The maximum absolute atomic E-state index is 13.6. The molecule has 2 unspecified atom stereocenters. The number of rotatable bonds is 6. The van der Waals surface area contributed by atoms with Gasteiger partial charge in [-0.05, 0) is 38.9 Å². The molecule has 0 fully saturated rings. The number of hydrogen-bond acceptors (Lipinski definition) is 2. The van der Waals surface area contributed by atoms with Gasteiger partial charge in [-0.2, -0.15) is 0 Å². The van der Waals surface area contributed by atoms with Crippen LogP contribution in [0.2, 0.25) is 0 Å². The highest BCUT2D eigenvalue weighted by Gasteiger charge is 2.17. The molecule has 1 rings (SSSR count). The highest BCUT2D eigenvalue weighted by molar-refractivity contribution is 5.22. The van der Waals surface area contributed by atoms with Crippen LogP contribution in [0.5, 0.6) is 0 Å². The van der Waals surface area contributed by atoms with Gasteiger partial charge in [0.05, 0.1) is 0 Å². The first-order valence-electron chi connectivity index (χ1n) is 6.74. The fourth-order valence-electron chi connectivity index (χ4n) is 2.02. The summed E-state index contributed by atoms with van der Waals surface area (Å²) in [6.45, 7) is 7.23. The molecule has 0 amide bonds. The summed E-state index contributed by atoms with van der Waals surface area (Å²) in [6.07, 6.45) is 0.605. The van der Waals surface area contributed by atoms with Crippen molar-refractivity contribution >= 4 is 0 Å². The van der Waals surface area contributed by atoms with Crippen molar-refractivity contribution in [3.63, 3.8) is 0 Å². The van der Waals surface area contributed by atoms with Crippen LogP contribution in [-0.2, 0) is 0 Å². The molecule has 4 heteroatoms. The molecule has 1 aromatic carbocycles. The summed E-state index contributed by atoms with van der Waals surface area (Å²) in [5.74, 6) is -1.11. The fourth-order valence-corrected chi connectivity index (χ4v) is 2.02. The predicted octanol–water partition coefficient (Wildman–Crippen LogP) is 3.33. The van der Waals surface area contributed by atoms with Crippen molar-refractivity contribution in [2.24, 2.45) is 11.7 Å². The molecular weight excluding hydrogens is 246 g/mol. The molecule has 0 aliphatic carbocycles. The lowest BCUT2D eigenvalue weighted by Gasteiger charge is -2.28. The number of hydrogen-bond donors (Lipinski definition) is 1. The molecule has 2 atom stereocenters. The van der Waals surface area contributed by atoms with E-state index >= 15 is 0 Å². The van der Waals surface area contributed by atoms with Crippen molar-refractivity contribution in [1.29, 1.82) is 0 Å². The Bertz CT molecular complexity index is 407. The van der Waals surface area contributed by atoms with Crippen LogP contribution in [0.1, 0.15) is 38.8 Å². The Morgan fingerprint density at radius 3 is 2.42 bits per heavy atom. The third-order valence-corrected chi connectivity index (χ3v) is 3.83. The van der Waals surface area contributed by atoms with Gasteiger partial charge in [-0.1, -0.05) is 26.0 Å². The molecule has 0 heterocycles. The average Bonchev–Trinajstić information content (AvgIpc) is 2.37. The van der Waals surface area contributed by atoms with Crippen molar-refractivity contribution in [2.45, 2.75) is 39.3 Å². The molecule has 2 N–H and O–H groups in total. The zero-order valence-corrected chi connectivity index (χ0v) is 12.2. The first-order chi connectivity index (χ1) is 8.84. The van der Waals surface area contributed by atoms with Crippen LogP contribution in [0.15, 0.2) is 18.2 Å². The van der Waals surface area contributed by atoms with Crippen molar-refractivity contribution in [3.8, 4) is 0 Å². The summed E-state index contributed by atoms with van der Waals surface area (Å²) in [4.78, 5) is 2.20. The lowest BCUT2D eigenvalue weighted by Crippen LogP contribution is -2.35. The second kappa shape index (κ2) is 6.96. The predicted molar refractivity (Wildman–Crippen MR) is 74.8 cm³/mol. The van der Waals surface area contributed by atoms with Crippen LogP contribution in [0, 0.1) is 17.6 Å². The molecule has 0 saturated carbocycles. The van der Waals surface area contributed by atoms with Crippen molar-refractivity contribution < 1.29 is 8.78 Å². The van der Waals surface area contributed by atoms with E-state index in [4.69, 9.17) is 5.73 Å². The second-order valence-corrected chi connectivity index (χ2v) is 5.50. The van der Waals surface area contributed by atoms with Crippen molar-refractivity contribution in [3.05, 3.63) is 35.4 Å². The van der Waals surface area contributed by atoms with E-state index in [1.807, 2.05) is 7.05 Å². The van der Waals surface area contributed by atoms with Gasteiger partial charge in [-0.3, -0.25) is 0 Å². The van der Waals surface area contributed by atoms with Gasteiger partial charge in [0.1, 0.15) is 0 Å². The molecule has 0 radical (unpaired) electrons.